The predicted molar refractivity (Wildman–Crippen MR) is 118 cm³/mol. The largest absolute Gasteiger partial charge is 0.455 e. The average molecular weight is 418 g/mol. The van der Waals surface area contributed by atoms with Crippen LogP contribution in [-0.2, 0) is 20.9 Å². The Morgan fingerprint density at radius 3 is 2.58 bits per heavy atom. The van der Waals surface area contributed by atoms with Crippen molar-refractivity contribution in [2.45, 2.75) is 19.9 Å². The minimum atomic E-state index is -0.556. The molecule has 0 bridgehead atoms. The van der Waals surface area contributed by atoms with Crippen molar-refractivity contribution >= 4 is 39.4 Å². The van der Waals surface area contributed by atoms with E-state index >= 15 is 0 Å². The predicted octanol–water partition coefficient (Wildman–Crippen LogP) is 3.73. The van der Waals surface area contributed by atoms with Crippen LogP contribution in [0.3, 0.4) is 0 Å². The maximum Gasteiger partial charge on any atom is 0.419 e. The zero-order valence-electron chi connectivity index (χ0n) is 17.1. The summed E-state index contributed by atoms with van der Waals surface area (Å²) in [6, 6.07) is 20.6. The lowest BCUT2D eigenvalue weighted by atomic mass is 10.1. The van der Waals surface area contributed by atoms with E-state index in [0.717, 1.165) is 16.5 Å². The molecule has 1 heterocycles. The van der Waals surface area contributed by atoms with Crippen molar-refractivity contribution < 1.29 is 18.7 Å². The molecule has 7 heteroatoms. The Kier molecular flexibility index (Phi) is 5.84. The Morgan fingerprint density at radius 2 is 1.74 bits per heavy atom. The van der Waals surface area contributed by atoms with Gasteiger partial charge in [0, 0.05) is 18.5 Å². The number of amides is 1. The van der Waals surface area contributed by atoms with Gasteiger partial charge in [-0.25, -0.2) is 4.79 Å². The fraction of sp³-hybridized carbons (Fsp3) is 0.208. The fourth-order valence-electron chi connectivity index (χ4n) is 3.65. The van der Waals surface area contributed by atoms with Crippen LogP contribution in [0.5, 0.6) is 0 Å². The highest BCUT2D eigenvalue weighted by Crippen LogP contribution is 2.26. The molecule has 0 aliphatic carbocycles. The topological polar surface area (TPSA) is 81.8 Å². The summed E-state index contributed by atoms with van der Waals surface area (Å²) in [5.74, 6) is -1.39. The Balaban J connectivity index is 1.40. The van der Waals surface area contributed by atoms with Crippen molar-refractivity contribution in [1.82, 2.24) is 4.57 Å². The molecule has 158 valence electrons. The first-order valence-corrected chi connectivity index (χ1v) is 10.1. The maximum atomic E-state index is 12.8. The summed E-state index contributed by atoms with van der Waals surface area (Å²) in [5, 5.41) is 1.98. The molecule has 7 nitrogen and oxygen atoms in total. The molecule has 0 fully saturated rings. The van der Waals surface area contributed by atoms with Crippen molar-refractivity contribution in [3.63, 3.8) is 0 Å². The van der Waals surface area contributed by atoms with Crippen LogP contribution in [0.25, 0.3) is 21.9 Å². The number of benzene rings is 3. The SMILES string of the molecule is CCN(C(=O)COC(=O)CCn1c(=O)oc2ccccc21)c1cccc2ccccc12. The number of para-hydroxylation sites is 2. The van der Waals surface area contributed by atoms with Gasteiger partial charge in [0.1, 0.15) is 0 Å². The van der Waals surface area contributed by atoms with E-state index in [9.17, 15) is 14.4 Å². The smallest absolute Gasteiger partial charge is 0.419 e. The van der Waals surface area contributed by atoms with Crippen molar-refractivity contribution in [1.29, 1.82) is 0 Å². The number of esters is 1. The molecule has 0 aliphatic rings. The summed E-state index contributed by atoms with van der Waals surface area (Å²) in [6.07, 6.45) is -0.0445. The van der Waals surface area contributed by atoms with Gasteiger partial charge in [-0.1, -0.05) is 48.5 Å². The lowest BCUT2D eigenvalue weighted by Crippen LogP contribution is -2.34. The van der Waals surface area contributed by atoms with Crippen LogP contribution in [-0.4, -0.2) is 29.6 Å². The summed E-state index contributed by atoms with van der Waals surface area (Å²) in [4.78, 5) is 38.6. The van der Waals surface area contributed by atoms with E-state index in [-0.39, 0.29) is 25.5 Å². The summed E-state index contributed by atoms with van der Waals surface area (Å²) >= 11 is 0. The van der Waals surface area contributed by atoms with Crippen LogP contribution in [0.1, 0.15) is 13.3 Å². The van der Waals surface area contributed by atoms with Gasteiger partial charge in [0.05, 0.1) is 17.6 Å². The van der Waals surface area contributed by atoms with E-state index in [2.05, 4.69) is 0 Å². The summed E-state index contributed by atoms with van der Waals surface area (Å²) < 4.78 is 11.7. The zero-order valence-corrected chi connectivity index (χ0v) is 17.1. The number of carbonyl (C=O) groups excluding carboxylic acids is 2. The Morgan fingerprint density at radius 1 is 1.00 bits per heavy atom. The van der Waals surface area contributed by atoms with Gasteiger partial charge >= 0.3 is 11.7 Å². The second-order valence-corrected chi connectivity index (χ2v) is 7.03. The maximum absolute atomic E-state index is 12.8. The summed E-state index contributed by atoms with van der Waals surface area (Å²) in [6.45, 7) is 2.07. The monoisotopic (exact) mass is 418 g/mol. The number of aromatic nitrogens is 1. The molecule has 3 aromatic carbocycles. The number of hydrogen-bond donors (Lipinski definition) is 0. The summed E-state index contributed by atoms with van der Waals surface area (Å²) in [5.41, 5.74) is 1.85. The second-order valence-electron chi connectivity index (χ2n) is 7.03. The number of ether oxygens (including phenoxy) is 1. The van der Waals surface area contributed by atoms with E-state index in [4.69, 9.17) is 9.15 Å². The number of oxazole rings is 1. The van der Waals surface area contributed by atoms with Crippen LogP contribution < -0.4 is 10.7 Å². The number of hydrogen-bond acceptors (Lipinski definition) is 5. The van der Waals surface area contributed by atoms with Crippen molar-refractivity contribution in [3.8, 4) is 0 Å². The lowest BCUT2D eigenvalue weighted by molar-refractivity contribution is -0.148. The van der Waals surface area contributed by atoms with Gasteiger partial charge in [0.25, 0.3) is 5.91 Å². The standard InChI is InChI=1S/C24H22N2O5/c1-2-25(19-12-7-9-17-8-3-4-10-18(17)19)22(27)16-30-23(28)14-15-26-20-11-5-6-13-21(20)31-24(26)29/h3-13H,2,14-16H2,1H3. The minimum Gasteiger partial charge on any atom is -0.455 e. The third kappa shape index (κ3) is 4.21. The van der Waals surface area contributed by atoms with E-state index in [1.165, 1.54) is 4.57 Å². The highest BCUT2D eigenvalue weighted by atomic mass is 16.5. The molecule has 0 saturated carbocycles. The summed E-state index contributed by atoms with van der Waals surface area (Å²) in [7, 11) is 0. The van der Waals surface area contributed by atoms with E-state index in [1.54, 1.807) is 29.2 Å². The minimum absolute atomic E-state index is 0.0445. The van der Waals surface area contributed by atoms with E-state index in [0.29, 0.717) is 17.6 Å². The van der Waals surface area contributed by atoms with Crippen LogP contribution in [0.2, 0.25) is 0 Å². The molecule has 0 radical (unpaired) electrons. The van der Waals surface area contributed by atoms with Crippen LogP contribution in [0, 0.1) is 0 Å². The Labute approximate surface area is 178 Å². The molecule has 4 aromatic rings. The molecular weight excluding hydrogens is 396 g/mol. The molecule has 0 atom stereocenters. The number of rotatable bonds is 7. The first kappa shape index (κ1) is 20.4. The molecule has 4 rings (SSSR count). The van der Waals surface area contributed by atoms with Gasteiger partial charge in [-0.3, -0.25) is 14.2 Å². The number of aryl methyl sites for hydroxylation is 1. The average Bonchev–Trinajstić information content (AvgIpc) is 3.11. The molecular formula is C24H22N2O5. The third-order valence-electron chi connectivity index (χ3n) is 5.14. The number of nitrogens with zero attached hydrogens (tertiary/aromatic N) is 2. The van der Waals surface area contributed by atoms with Gasteiger partial charge in [0.2, 0.25) is 0 Å². The fourth-order valence-corrected chi connectivity index (χ4v) is 3.65. The molecule has 1 amide bonds. The number of fused-ring (bicyclic) bond motifs is 2. The first-order chi connectivity index (χ1) is 15.1. The molecule has 0 N–H and O–H groups in total. The highest BCUT2D eigenvalue weighted by Gasteiger charge is 2.18. The van der Waals surface area contributed by atoms with Gasteiger partial charge in [-0.05, 0) is 30.5 Å². The molecule has 0 saturated heterocycles. The highest BCUT2D eigenvalue weighted by molar-refractivity contribution is 6.04. The van der Waals surface area contributed by atoms with E-state index < -0.39 is 11.7 Å². The molecule has 0 aliphatic heterocycles. The van der Waals surface area contributed by atoms with Crippen molar-refractivity contribution in [2.24, 2.45) is 0 Å². The van der Waals surface area contributed by atoms with Crippen LogP contribution in [0.4, 0.5) is 5.69 Å². The molecule has 0 unspecified atom stereocenters. The van der Waals surface area contributed by atoms with Gasteiger partial charge < -0.3 is 14.1 Å². The number of anilines is 1. The Hall–Kier alpha value is -3.87. The lowest BCUT2D eigenvalue weighted by Gasteiger charge is -2.22. The zero-order chi connectivity index (χ0) is 21.8. The third-order valence-corrected chi connectivity index (χ3v) is 5.14. The van der Waals surface area contributed by atoms with Gasteiger partial charge in [0.15, 0.2) is 12.2 Å². The number of carbonyl (C=O) groups is 2. The van der Waals surface area contributed by atoms with Crippen molar-refractivity contribution in [3.05, 3.63) is 77.3 Å². The number of likely N-dealkylation sites (N-methyl/N-ethyl adjacent to an activating group) is 1. The molecule has 0 spiro atoms. The molecule has 1 aromatic heterocycles. The second kappa shape index (κ2) is 8.87. The van der Waals surface area contributed by atoms with Crippen molar-refractivity contribution in [2.75, 3.05) is 18.1 Å². The van der Waals surface area contributed by atoms with Gasteiger partial charge in [-0.2, -0.15) is 0 Å². The quantitative estimate of drug-likeness (QED) is 0.427. The first-order valence-electron chi connectivity index (χ1n) is 10.1. The van der Waals surface area contributed by atoms with Crippen LogP contribution in [0.15, 0.2) is 75.9 Å². The van der Waals surface area contributed by atoms with Gasteiger partial charge in [-0.15, -0.1) is 0 Å². The molecule has 31 heavy (non-hydrogen) atoms. The van der Waals surface area contributed by atoms with E-state index in [1.807, 2.05) is 49.4 Å². The Bertz CT molecular complexity index is 1300. The van der Waals surface area contributed by atoms with Crippen LogP contribution >= 0.6 is 0 Å². The normalized spacial score (nSPS) is 11.0.